The van der Waals surface area contributed by atoms with Gasteiger partial charge in [-0.2, -0.15) is 0 Å². The lowest BCUT2D eigenvalue weighted by Gasteiger charge is -2.16. The minimum absolute atomic E-state index is 0.404. The number of aliphatic carboxylic acids is 1. The predicted molar refractivity (Wildman–Crippen MR) is 59.2 cm³/mol. The molecule has 0 aliphatic heterocycles. The van der Waals surface area contributed by atoms with Crippen molar-refractivity contribution < 1.29 is 19.0 Å². The molecule has 0 bridgehead atoms. The van der Waals surface area contributed by atoms with Crippen molar-refractivity contribution in [2.24, 2.45) is 0 Å². The van der Waals surface area contributed by atoms with Gasteiger partial charge in [-0.15, -0.1) is 0 Å². The predicted octanol–water partition coefficient (Wildman–Crippen LogP) is 2.71. The van der Waals surface area contributed by atoms with E-state index in [1.807, 2.05) is 0 Å². The molecule has 16 heavy (non-hydrogen) atoms. The van der Waals surface area contributed by atoms with Crippen molar-refractivity contribution in [2.45, 2.75) is 18.3 Å². The molecule has 0 spiro atoms. The van der Waals surface area contributed by atoms with E-state index < -0.39 is 17.2 Å². The lowest BCUT2D eigenvalue weighted by molar-refractivity contribution is -0.140. The molecule has 1 aromatic rings. The molecule has 0 heterocycles. The number of carboxylic acid groups (broad SMARTS) is 1. The zero-order valence-electron chi connectivity index (χ0n) is 8.59. The molecule has 0 aromatic heterocycles. The summed E-state index contributed by atoms with van der Waals surface area (Å²) in [7, 11) is 1.44. The molecule has 2 rings (SSSR count). The molecule has 1 aliphatic rings. The van der Waals surface area contributed by atoms with E-state index in [1.165, 1.54) is 19.2 Å². The van der Waals surface area contributed by atoms with E-state index in [0.717, 1.165) is 0 Å². The van der Waals surface area contributed by atoms with Gasteiger partial charge in [0, 0.05) is 5.56 Å². The van der Waals surface area contributed by atoms with Crippen LogP contribution < -0.4 is 4.74 Å². The molecule has 1 N–H and O–H groups in total. The highest BCUT2D eigenvalue weighted by Crippen LogP contribution is 2.53. The smallest absolute Gasteiger partial charge is 0.314 e. The van der Waals surface area contributed by atoms with Crippen molar-refractivity contribution in [1.82, 2.24) is 0 Å². The minimum atomic E-state index is -0.962. The van der Waals surface area contributed by atoms with E-state index in [2.05, 4.69) is 15.9 Å². The standard InChI is InChI=1S/C11H10BrFO3/c1-16-9-7(4-6(13)5-8(9)12)11(2-3-11)10(14)15/h4-5H,2-3H2,1H3,(H,14,15). The number of halogens is 2. The molecule has 1 saturated carbocycles. The summed E-state index contributed by atoms with van der Waals surface area (Å²) in [4.78, 5) is 11.2. The molecule has 0 radical (unpaired) electrons. The van der Waals surface area contributed by atoms with E-state index in [0.29, 0.717) is 28.6 Å². The van der Waals surface area contributed by atoms with Crippen molar-refractivity contribution >= 4 is 21.9 Å². The Balaban J connectivity index is 2.60. The van der Waals surface area contributed by atoms with Crippen LogP contribution in [0.4, 0.5) is 4.39 Å². The van der Waals surface area contributed by atoms with Gasteiger partial charge >= 0.3 is 5.97 Å². The monoisotopic (exact) mass is 288 g/mol. The van der Waals surface area contributed by atoms with Gasteiger partial charge in [0.1, 0.15) is 11.6 Å². The van der Waals surface area contributed by atoms with Gasteiger partial charge in [0.25, 0.3) is 0 Å². The Hall–Kier alpha value is -1.10. The van der Waals surface area contributed by atoms with Crippen LogP contribution in [0.2, 0.25) is 0 Å². The Morgan fingerprint density at radius 1 is 1.56 bits per heavy atom. The first-order valence-corrected chi connectivity index (χ1v) is 5.57. The molecular weight excluding hydrogens is 279 g/mol. The largest absolute Gasteiger partial charge is 0.495 e. The fourth-order valence-electron chi connectivity index (χ4n) is 1.85. The molecular formula is C11H10BrFO3. The molecule has 0 atom stereocenters. The molecule has 1 aliphatic carbocycles. The van der Waals surface area contributed by atoms with Gasteiger partial charge in [0.05, 0.1) is 17.0 Å². The third kappa shape index (κ3) is 1.59. The molecule has 1 fully saturated rings. The first-order valence-electron chi connectivity index (χ1n) is 4.78. The van der Waals surface area contributed by atoms with E-state index in [9.17, 15) is 9.18 Å². The van der Waals surface area contributed by atoms with Crippen LogP contribution in [0.25, 0.3) is 0 Å². The van der Waals surface area contributed by atoms with Crippen LogP contribution in [0.5, 0.6) is 5.75 Å². The number of hydrogen-bond acceptors (Lipinski definition) is 2. The van der Waals surface area contributed by atoms with Gasteiger partial charge in [0.2, 0.25) is 0 Å². The van der Waals surface area contributed by atoms with Crippen molar-refractivity contribution in [3.8, 4) is 5.75 Å². The van der Waals surface area contributed by atoms with Gasteiger partial charge < -0.3 is 9.84 Å². The number of hydrogen-bond donors (Lipinski definition) is 1. The zero-order valence-corrected chi connectivity index (χ0v) is 10.2. The maximum Gasteiger partial charge on any atom is 0.314 e. The maximum atomic E-state index is 13.3. The average molecular weight is 289 g/mol. The summed E-state index contributed by atoms with van der Waals surface area (Å²) in [6.07, 6.45) is 1.04. The van der Waals surface area contributed by atoms with Crippen molar-refractivity contribution in [3.63, 3.8) is 0 Å². The fourth-order valence-corrected chi connectivity index (χ4v) is 2.44. The Kier molecular flexibility index (Phi) is 2.66. The highest BCUT2D eigenvalue weighted by molar-refractivity contribution is 9.10. The van der Waals surface area contributed by atoms with Gasteiger partial charge in [-0.1, -0.05) is 0 Å². The quantitative estimate of drug-likeness (QED) is 0.930. The van der Waals surface area contributed by atoms with Crippen molar-refractivity contribution in [1.29, 1.82) is 0 Å². The number of ether oxygens (including phenoxy) is 1. The Bertz CT molecular complexity index is 455. The van der Waals surface area contributed by atoms with Crippen LogP contribution >= 0.6 is 15.9 Å². The lowest BCUT2D eigenvalue weighted by atomic mass is 9.95. The third-order valence-corrected chi connectivity index (χ3v) is 3.48. The van der Waals surface area contributed by atoms with E-state index >= 15 is 0 Å². The van der Waals surface area contributed by atoms with Gasteiger partial charge in [-0.05, 0) is 40.9 Å². The molecule has 86 valence electrons. The van der Waals surface area contributed by atoms with Crippen LogP contribution in [-0.4, -0.2) is 18.2 Å². The average Bonchev–Trinajstić information content (AvgIpc) is 2.97. The fraction of sp³-hybridized carbons (Fsp3) is 0.364. The minimum Gasteiger partial charge on any atom is -0.495 e. The number of benzene rings is 1. The van der Waals surface area contributed by atoms with Crippen LogP contribution in [0.1, 0.15) is 18.4 Å². The number of methoxy groups -OCH3 is 1. The molecule has 5 heteroatoms. The highest BCUT2D eigenvalue weighted by atomic mass is 79.9. The summed E-state index contributed by atoms with van der Waals surface area (Å²) >= 11 is 3.17. The number of carbonyl (C=O) groups is 1. The summed E-state index contributed by atoms with van der Waals surface area (Å²) in [5.41, 5.74) is -0.551. The van der Waals surface area contributed by atoms with Crippen molar-refractivity contribution in [2.75, 3.05) is 7.11 Å². The Morgan fingerprint density at radius 2 is 2.19 bits per heavy atom. The lowest BCUT2D eigenvalue weighted by Crippen LogP contribution is -2.20. The second-order valence-electron chi connectivity index (χ2n) is 3.86. The van der Waals surface area contributed by atoms with E-state index in [-0.39, 0.29) is 0 Å². The summed E-state index contributed by atoms with van der Waals surface area (Å²) < 4.78 is 18.9. The van der Waals surface area contributed by atoms with E-state index in [4.69, 9.17) is 9.84 Å². The summed E-state index contributed by atoms with van der Waals surface area (Å²) in [6, 6.07) is 2.50. The summed E-state index contributed by atoms with van der Waals surface area (Å²) in [5, 5.41) is 9.17. The van der Waals surface area contributed by atoms with Crippen molar-refractivity contribution in [3.05, 3.63) is 28.0 Å². The zero-order chi connectivity index (χ0) is 11.9. The normalized spacial score (nSPS) is 16.9. The summed E-state index contributed by atoms with van der Waals surface area (Å²) in [6.45, 7) is 0. The number of carboxylic acids is 1. The maximum absolute atomic E-state index is 13.3. The highest BCUT2D eigenvalue weighted by Gasteiger charge is 2.53. The SMILES string of the molecule is COc1c(Br)cc(F)cc1C1(C(=O)O)CC1. The van der Waals surface area contributed by atoms with Gasteiger partial charge in [-0.25, -0.2) is 4.39 Å². The van der Waals surface area contributed by atoms with Crippen LogP contribution in [0, 0.1) is 5.82 Å². The topological polar surface area (TPSA) is 46.5 Å². The second-order valence-corrected chi connectivity index (χ2v) is 4.71. The van der Waals surface area contributed by atoms with Crippen LogP contribution in [0.15, 0.2) is 16.6 Å². The molecule has 0 unspecified atom stereocenters. The molecule has 3 nitrogen and oxygen atoms in total. The van der Waals surface area contributed by atoms with Gasteiger partial charge in [0.15, 0.2) is 0 Å². The Labute approximate surface area is 100 Å². The van der Waals surface area contributed by atoms with Crippen LogP contribution in [0.3, 0.4) is 0 Å². The second kappa shape index (κ2) is 3.73. The van der Waals surface area contributed by atoms with Crippen LogP contribution in [-0.2, 0) is 10.2 Å². The number of rotatable bonds is 3. The molecule has 1 aromatic carbocycles. The van der Waals surface area contributed by atoms with Gasteiger partial charge in [-0.3, -0.25) is 4.79 Å². The first-order chi connectivity index (χ1) is 7.51. The molecule has 0 saturated heterocycles. The first kappa shape index (κ1) is 11.4. The molecule has 0 amide bonds. The van der Waals surface area contributed by atoms with E-state index in [1.54, 1.807) is 0 Å². The third-order valence-electron chi connectivity index (χ3n) is 2.89. The summed E-state index contributed by atoms with van der Waals surface area (Å²) in [5.74, 6) is -0.986. The Morgan fingerprint density at radius 3 is 2.62 bits per heavy atom.